The van der Waals surface area contributed by atoms with Crippen LogP contribution in [-0.4, -0.2) is 0 Å². The summed E-state index contributed by atoms with van der Waals surface area (Å²) in [7, 11) is 0. The van der Waals surface area contributed by atoms with E-state index in [2.05, 4.69) is 15.9 Å². The fourth-order valence-electron chi connectivity index (χ4n) is 0.448. The highest BCUT2D eigenvalue weighted by atomic mass is 79.9. The topological polar surface area (TPSA) is 13.1 Å². The molecule has 1 aromatic rings. The Bertz CT molecular complexity index is 165. The third kappa shape index (κ3) is 1.23. The second-order valence-electron chi connectivity index (χ2n) is 1.31. The van der Waals surface area contributed by atoms with Gasteiger partial charge in [0.2, 0.25) is 0 Å². The summed E-state index contributed by atoms with van der Waals surface area (Å²) in [5.74, 6) is 0.863. The highest BCUT2D eigenvalue weighted by Crippen LogP contribution is 2.02. The van der Waals surface area contributed by atoms with Crippen LogP contribution in [0.25, 0.3) is 6.08 Å². The third-order valence-electron chi connectivity index (χ3n) is 0.770. The predicted octanol–water partition coefficient (Wildman–Crippen LogP) is 2.65. The molecule has 0 saturated heterocycles. The lowest BCUT2D eigenvalue weighted by Gasteiger charge is -1.75. The fraction of sp³-hybridized carbons (Fsp3) is 0. The molecule has 1 aromatic heterocycles. The van der Waals surface area contributed by atoms with Crippen LogP contribution in [0.4, 0.5) is 0 Å². The molecule has 0 radical (unpaired) electrons. The van der Waals surface area contributed by atoms with Crippen LogP contribution >= 0.6 is 15.9 Å². The molecule has 0 unspecified atom stereocenters. The van der Waals surface area contributed by atoms with Gasteiger partial charge in [-0.2, -0.15) is 0 Å². The smallest absolute Gasteiger partial charge is 0.127 e. The zero-order chi connectivity index (χ0) is 5.82. The van der Waals surface area contributed by atoms with Crippen molar-refractivity contribution in [1.29, 1.82) is 0 Å². The zero-order valence-electron chi connectivity index (χ0n) is 4.17. The van der Waals surface area contributed by atoms with E-state index in [1.807, 2.05) is 18.2 Å². The highest BCUT2D eigenvalue weighted by Gasteiger charge is 1.82. The molecular weight excluding hydrogens is 168 g/mol. The summed E-state index contributed by atoms with van der Waals surface area (Å²) in [6.07, 6.45) is 3.47. The molecule has 0 saturated carbocycles. The SMILES string of the molecule is Br/C=C\c1ccco1. The Hall–Kier alpha value is -0.500. The van der Waals surface area contributed by atoms with Gasteiger partial charge in [0.05, 0.1) is 6.26 Å². The first-order chi connectivity index (χ1) is 3.93. The molecule has 0 N–H and O–H groups in total. The second kappa shape index (κ2) is 2.72. The van der Waals surface area contributed by atoms with Crippen LogP contribution < -0.4 is 0 Å². The van der Waals surface area contributed by atoms with Crippen LogP contribution in [0, 0.1) is 0 Å². The number of rotatable bonds is 1. The lowest BCUT2D eigenvalue weighted by molar-refractivity contribution is 0.557. The Kier molecular flexibility index (Phi) is 1.92. The molecule has 2 heteroatoms. The number of hydrogen-bond donors (Lipinski definition) is 0. The van der Waals surface area contributed by atoms with E-state index in [9.17, 15) is 0 Å². The van der Waals surface area contributed by atoms with E-state index in [-0.39, 0.29) is 0 Å². The van der Waals surface area contributed by atoms with E-state index in [0.29, 0.717) is 0 Å². The van der Waals surface area contributed by atoms with Crippen molar-refractivity contribution in [2.45, 2.75) is 0 Å². The van der Waals surface area contributed by atoms with Crippen molar-refractivity contribution in [2.24, 2.45) is 0 Å². The van der Waals surface area contributed by atoms with Gasteiger partial charge in [-0.1, -0.05) is 15.9 Å². The molecule has 0 spiro atoms. The molecule has 0 aliphatic rings. The minimum atomic E-state index is 0.863. The molecule has 0 bridgehead atoms. The van der Waals surface area contributed by atoms with E-state index in [1.54, 1.807) is 11.2 Å². The van der Waals surface area contributed by atoms with Gasteiger partial charge >= 0.3 is 0 Å². The normalized spacial score (nSPS) is 10.6. The summed E-state index contributed by atoms with van der Waals surface area (Å²) in [6, 6.07) is 3.74. The summed E-state index contributed by atoms with van der Waals surface area (Å²) in [5, 5.41) is 0. The Morgan fingerprint density at radius 3 is 3.00 bits per heavy atom. The number of furan rings is 1. The molecule has 0 amide bonds. The fourth-order valence-corrected chi connectivity index (χ4v) is 0.709. The maximum absolute atomic E-state index is 4.96. The highest BCUT2D eigenvalue weighted by molar-refractivity contribution is 9.11. The maximum Gasteiger partial charge on any atom is 0.127 e. The van der Waals surface area contributed by atoms with Crippen LogP contribution in [0.5, 0.6) is 0 Å². The van der Waals surface area contributed by atoms with Gasteiger partial charge < -0.3 is 4.42 Å². The monoisotopic (exact) mass is 172 g/mol. The lowest BCUT2D eigenvalue weighted by Crippen LogP contribution is -1.52. The summed E-state index contributed by atoms with van der Waals surface area (Å²) >= 11 is 3.13. The quantitative estimate of drug-likeness (QED) is 0.636. The van der Waals surface area contributed by atoms with Crippen molar-refractivity contribution in [3.8, 4) is 0 Å². The Morgan fingerprint density at radius 2 is 2.50 bits per heavy atom. The summed E-state index contributed by atoms with van der Waals surface area (Å²) < 4.78 is 4.96. The first-order valence-corrected chi connectivity index (χ1v) is 3.15. The molecule has 0 aliphatic carbocycles. The van der Waals surface area contributed by atoms with E-state index < -0.39 is 0 Å². The molecule has 8 heavy (non-hydrogen) atoms. The minimum Gasteiger partial charge on any atom is -0.465 e. The summed E-state index contributed by atoms with van der Waals surface area (Å²) in [4.78, 5) is 1.76. The summed E-state index contributed by atoms with van der Waals surface area (Å²) in [6.45, 7) is 0. The van der Waals surface area contributed by atoms with Gasteiger partial charge in [0.15, 0.2) is 0 Å². The van der Waals surface area contributed by atoms with Crippen LogP contribution in [0.3, 0.4) is 0 Å². The van der Waals surface area contributed by atoms with Crippen molar-refractivity contribution in [2.75, 3.05) is 0 Å². The molecule has 42 valence electrons. The number of halogens is 1. The van der Waals surface area contributed by atoms with Crippen LogP contribution in [0.2, 0.25) is 0 Å². The van der Waals surface area contributed by atoms with Gasteiger partial charge in [0, 0.05) is 0 Å². The molecule has 1 nitrogen and oxygen atoms in total. The zero-order valence-corrected chi connectivity index (χ0v) is 5.76. The second-order valence-corrected chi connectivity index (χ2v) is 1.84. The molecule has 0 aliphatic heterocycles. The van der Waals surface area contributed by atoms with Gasteiger partial charge in [-0.25, -0.2) is 0 Å². The molecule has 0 aromatic carbocycles. The van der Waals surface area contributed by atoms with Gasteiger partial charge in [-0.15, -0.1) is 0 Å². The Morgan fingerprint density at radius 1 is 1.62 bits per heavy atom. The lowest BCUT2D eigenvalue weighted by atomic mass is 10.5. The van der Waals surface area contributed by atoms with Gasteiger partial charge in [-0.05, 0) is 23.2 Å². The molecular formula is C6H5BrO. The van der Waals surface area contributed by atoms with E-state index in [0.717, 1.165) is 5.76 Å². The first-order valence-electron chi connectivity index (χ1n) is 2.24. The van der Waals surface area contributed by atoms with Crippen molar-refractivity contribution in [3.05, 3.63) is 29.1 Å². The molecule has 0 fully saturated rings. The van der Waals surface area contributed by atoms with Crippen LogP contribution in [0.15, 0.2) is 27.8 Å². The van der Waals surface area contributed by atoms with Gasteiger partial charge in [-0.3, -0.25) is 0 Å². The first kappa shape index (κ1) is 5.63. The van der Waals surface area contributed by atoms with Gasteiger partial charge in [0.25, 0.3) is 0 Å². The summed E-state index contributed by atoms with van der Waals surface area (Å²) in [5.41, 5.74) is 0. The van der Waals surface area contributed by atoms with E-state index in [4.69, 9.17) is 4.42 Å². The molecule has 1 rings (SSSR count). The number of hydrogen-bond acceptors (Lipinski definition) is 1. The standard InChI is InChI=1S/C6H5BrO/c7-4-3-6-2-1-5-8-6/h1-5H/b4-3-. The Labute approximate surface area is 56.1 Å². The van der Waals surface area contributed by atoms with Crippen molar-refractivity contribution >= 4 is 22.0 Å². The minimum absolute atomic E-state index is 0.863. The van der Waals surface area contributed by atoms with Crippen LogP contribution in [-0.2, 0) is 0 Å². The van der Waals surface area contributed by atoms with Crippen LogP contribution in [0.1, 0.15) is 5.76 Å². The van der Waals surface area contributed by atoms with Crippen molar-refractivity contribution in [1.82, 2.24) is 0 Å². The average Bonchev–Trinajstić information content (AvgIpc) is 2.19. The predicted molar refractivity (Wildman–Crippen MR) is 36.7 cm³/mol. The largest absolute Gasteiger partial charge is 0.465 e. The van der Waals surface area contributed by atoms with E-state index in [1.165, 1.54) is 0 Å². The molecule has 1 heterocycles. The third-order valence-corrected chi connectivity index (χ3v) is 1.03. The van der Waals surface area contributed by atoms with E-state index >= 15 is 0 Å². The average molecular weight is 173 g/mol. The van der Waals surface area contributed by atoms with Crippen molar-refractivity contribution in [3.63, 3.8) is 0 Å². The maximum atomic E-state index is 4.96. The van der Waals surface area contributed by atoms with Crippen molar-refractivity contribution < 1.29 is 4.42 Å². The van der Waals surface area contributed by atoms with Gasteiger partial charge in [0.1, 0.15) is 5.76 Å². The molecule has 0 atom stereocenters. The Balaban J connectivity index is 2.77.